The number of hydrogen-bond acceptors (Lipinski definition) is 1. The predicted molar refractivity (Wildman–Crippen MR) is 50.3 cm³/mol. The van der Waals surface area contributed by atoms with Gasteiger partial charge in [-0.15, -0.1) is 0 Å². The van der Waals surface area contributed by atoms with Gasteiger partial charge in [-0.2, -0.15) is 0 Å². The maximum Gasteiger partial charge on any atom is 0.128 e. The lowest BCUT2D eigenvalue weighted by Crippen LogP contribution is -1.93. The summed E-state index contributed by atoms with van der Waals surface area (Å²) in [7, 11) is 0. The summed E-state index contributed by atoms with van der Waals surface area (Å²) < 4.78 is 0. The monoisotopic (exact) mass is 161 g/mol. The Hall–Kier alpha value is -1.07. The summed E-state index contributed by atoms with van der Waals surface area (Å²) in [6, 6.07) is 0. The molecule has 0 spiro atoms. The average Bonchev–Trinajstić information content (AvgIpc) is 2.15. The molecule has 0 fully saturated rings. The van der Waals surface area contributed by atoms with E-state index in [1.54, 1.807) is 0 Å². The van der Waals surface area contributed by atoms with E-state index < -0.39 is 0 Å². The molecule has 0 unspecified atom stereocenters. The molecule has 0 bridgehead atoms. The molecule has 0 saturated carbocycles. The molecule has 0 aromatic heterocycles. The summed E-state index contributed by atoms with van der Waals surface area (Å²) in [5, 5.41) is 0. The SMILES string of the molecule is [CH2]CCCC1=CC=CCC1=C=O. The van der Waals surface area contributed by atoms with Gasteiger partial charge in [-0.05, 0) is 18.4 Å². The van der Waals surface area contributed by atoms with Gasteiger partial charge in [0.2, 0.25) is 0 Å². The number of hydrogen-bond donors (Lipinski definition) is 0. The Kier molecular flexibility index (Phi) is 3.56. The summed E-state index contributed by atoms with van der Waals surface area (Å²) in [6.07, 6.45) is 9.65. The first kappa shape index (κ1) is 9.02. The molecule has 0 heterocycles. The molecule has 0 atom stereocenters. The highest BCUT2D eigenvalue weighted by atomic mass is 16.1. The van der Waals surface area contributed by atoms with Crippen LogP contribution in [0.1, 0.15) is 25.7 Å². The van der Waals surface area contributed by atoms with Crippen LogP contribution >= 0.6 is 0 Å². The van der Waals surface area contributed by atoms with Crippen LogP contribution in [-0.4, -0.2) is 5.94 Å². The van der Waals surface area contributed by atoms with Crippen molar-refractivity contribution in [3.63, 3.8) is 0 Å². The van der Waals surface area contributed by atoms with Crippen LogP contribution in [-0.2, 0) is 4.79 Å². The van der Waals surface area contributed by atoms with Crippen LogP contribution in [0.2, 0.25) is 0 Å². The van der Waals surface area contributed by atoms with Crippen molar-refractivity contribution >= 4 is 5.94 Å². The van der Waals surface area contributed by atoms with E-state index in [4.69, 9.17) is 0 Å². The van der Waals surface area contributed by atoms with Crippen LogP contribution in [0.3, 0.4) is 0 Å². The van der Waals surface area contributed by atoms with E-state index in [1.807, 2.05) is 24.2 Å². The molecule has 0 aliphatic heterocycles. The van der Waals surface area contributed by atoms with E-state index in [1.165, 1.54) is 0 Å². The lowest BCUT2D eigenvalue weighted by Gasteiger charge is -2.08. The standard InChI is InChI=1S/C11H13O/c1-2-3-6-10-7-4-5-8-11(10)9-12/h4-5,7H,1-3,6,8H2. The Labute approximate surface area is 73.5 Å². The van der Waals surface area contributed by atoms with E-state index in [0.29, 0.717) is 0 Å². The molecule has 0 aromatic rings. The average molecular weight is 161 g/mol. The predicted octanol–water partition coefficient (Wildman–Crippen LogP) is 2.64. The molecule has 63 valence electrons. The van der Waals surface area contributed by atoms with Gasteiger partial charge in [0.25, 0.3) is 0 Å². The Morgan fingerprint density at radius 2 is 2.42 bits per heavy atom. The van der Waals surface area contributed by atoms with Crippen LogP contribution in [0, 0.1) is 6.92 Å². The molecule has 12 heavy (non-hydrogen) atoms. The van der Waals surface area contributed by atoms with E-state index >= 15 is 0 Å². The topological polar surface area (TPSA) is 17.1 Å². The molecule has 1 nitrogen and oxygen atoms in total. The fourth-order valence-electron chi connectivity index (χ4n) is 1.26. The second-order valence-corrected chi connectivity index (χ2v) is 2.86. The van der Waals surface area contributed by atoms with E-state index in [9.17, 15) is 4.79 Å². The van der Waals surface area contributed by atoms with Crippen LogP contribution in [0.5, 0.6) is 0 Å². The molecule has 1 heteroatoms. The van der Waals surface area contributed by atoms with Gasteiger partial charge >= 0.3 is 0 Å². The molecular formula is C11H13O. The molecule has 0 saturated heterocycles. The Morgan fingerprint density at radius 1 is 1.58 bits per heavy atom. The van der Waals surface area contributed by atoms with Gasteiger partial charge in [0, 0.05) is 12.0 Å². The second kappa shape index (κ2) is 4.74. The normalized spacial score (nSPS) is 15.8. The molecule has 1 aliphatic rings. The zero-order chi connectivity index (χ0) is 8.81. The van der Waals surface area contributed by atoms with Crippen molar-refractivity contribution in [2.45, 2.75) is 25.7 Å². The minimum absolute atomic E-state index is 0.743. The maximum atomic E-state index is 10.5. The molecule has 0 N–H and O–H groups in total. The summed E-state index contributed by atoms with van der Waals surface area (Å²) in [5.74, 6) is 1.99. The van der Waals surface area contributed by atoms with Crippen molar-refractivity contribution in [1.82, 2.24) is 0 Å². The van der Waals surface area contributed by atoms with Crippen LogP contribution < -0.4 is 0 Å². The highest BCUT2D eigenvalue weighted by molar-refractivity contribution is 5.63. The zero-order valence-corrected chi connectivity index (χ0v) is 7.18. The minimum Gasteiger partial charge on any atom is -0.233 e. The highest BCUT2D eigenvalue weighted by Crippen LogP contribution is 2.21. The lowest BCUT2D eigenvalue weighted by atomic mass is 9.95. The first-order valence-corrected chi connectivity index (χ1v) is 4.27. The Bertz CT molecular complexity index is 252. The first-order chi connectivity index (χ1) is 5.88. The number of unbranched alkanes of at least 4 members (excludes halogenated alkanes) is 1. The van der Waals surface area contributed by atoms with Crippen molar-refractivity contribution in [2.24, 2.45) is 0 Å². The number of carbonyl (C=O) groups excluding carboxylic acids is 1. The quantitative estimate of drug-likeness (QED) is 0.581. The summed E-state index contributed by atoms with van der Waals surface area (Å²) >= 11 is 0. The van der Waals surface area contributed by atoms with Crippen LogP contribution in [0.25, 0.3) is 0 Å². The van der Waals surface area contributed by atoms with Crippen molar-refractivity contribution in [3.8, 4) is 0 Å². The molecule has 0 aromatic carbocycles. The molecule has 1 radical (unpaired) electrons. The fourth-order valence-corrected chi connectivity index (χ4v) is 1.26. The van der Waals surface area contributed by atoms with Gasteiger partial charge in [0.15, 0.2) is 0 Å². The molecule has 1 aliphatic carbocycles. The van der Waals surface area contributed by atoms with Crippen molar-refractivity contribution < 1.29 is 4.79 Å². The van der Waals surface area contributed by atoms with Gasteiger partial charge in [0.1, 0.15) is 5.94 Å². The lowest BCUT2D eigenvalue weighted by molar-refractivity contribution is 0.566. The van der Waals surface area contributed by atoms with Crippen LogP contribution in [0.15, 0.2) is 29.4 Å². The van der Waals surface area contributed by atoms with Gasteiger partial charge in [-0.3, -0.25) is 0 Å². The van der Waals surface area contributed by atoms with Crippen LogP contribution in [0.4, 0.5) is 0 Å². The largest absolute Gasteiger partial charge is 0.233 e. The van der Waals surface area contributed by atoms with Crippen molar-refractivity contribution in [1.29, 1.82) is 0 Å². The molecule has 1 rings (SSSR count). The fraction of sp³-hybridized carbons (Fsp3) is 0.364. The highest BCUT2D eigenvalue weighted by Gasteiger charge is 2.06. The summed E-state index contributed by atoms with van der Waals surface area (Å²) in [6.45, 7) is 3.77. The molecular weight excluding hydrogens is 148 g/mol. The summed E-state index contributed by atoms with van der Waals surface area (Å²) in [5.41, 5.74) is 1.95. The zero-order valence-electron chi connectivity index (χ0n) is 7.18. The number of rotatable bonds is 3. The minimum atomic E-state index is 0.743. The third kappa shape index (κ3) is 2.21. The molecule has 0 amide bonds. The van der Waals surface area contributed by atoms with Gasteiger partial charge < -0.3 is 0 Å². The van der Waals surface area contributed by atoms with Crippen molar-refractivity contribution in [2.75, 3.05) is 0 Å². The Morgan fingerprint density at radius 3 is 3.08 bits per heavy atom. The Balaban J connectivity index is 2.64. The van der Waals surface area contributed by atoms with Crippen molar-refractivity contribution in [3.05, 3.63) is 36.3 Å². The third-order valence-electron chi connectivity index (χ3n) is 1.96. The number of allylic oxidation sites excluding steroid dienone is 5. The first-order valence-electron chi connectivity index (χ1n) is 4.27. The summed E-state index contributed by atoms with van der Waals surface area (Å²) in [4.78, 5) is 10.5. The maximum absolute atomic E-state index is 10.5. The smallest absolute Gasteiger partial charge is 0.128 e. The van der Waals surface area contributed by atoms with E-state index in [-0.39, 0.29) is 0 Å². The van der Waals surface area contributed by atoms with Gasteiger partial charge in [-0.25, -0.2) is 4.79 Å². The third-order valence-corrected chi connectivity index (χ3v) is 1.96. The van der Waals surface area contributed by atoms with Gasteiger partial charge in [0.05, 0.1) is 0 Å². The second-order valence-electron chi connectivity index (χ2n) is 2.86. The van der Waals surface area contributed by atoms with E-state index in [2.05, 4.69) is 6.92 Å². The van der Waals surface area contributed by atoms with E-state index in [0.717, 1.165) is 36.8 Å². The van der Waals surface area contributed by atoms with Gasteiger partial charge in [-0.1, -0.05) is 31.6 Å².